The van der Waals surface area contributed by atoms with Crippen molar-refractivity contribution in [3.63, 3.8) is 0 Å². The lowest BCUT2D eigenvalue weighted by Gasteiger charge is -2.17. The van der Waals surface area contributed by atoms with Crippen LogP contribution in [0.1, 0.15) is 24.9 Å². The summed E-state index contributed by atoms with van der Waals surface area (Å²) >= 11 is 1.70. The van der Waals surface area contributed by atoms with Crippen molar-refractivity contribution in [1.29, 1.82) is 0 Å². The number of rotatable bonds is 4. The third-order valence-electron chi connectivity index (χ3n) is 2.44. The van der Waals surface area contributed by atoms with Crippen LogP contribution in [0.2, 0.25) is 0 Å². The summed E-state index contributed by atoms with van der Waals surface area (Å²) in [6.45, 7) is 11.9. The second-order valence-electron chi connectivity index (χ2n) is 4.22. The van der Waals surface area contributed by atoms with Gasteiger partial charge in [-0.2, -0.15) is 0 Å². The van der Waals surface area contributed by atoms with E-state index in [1.165, 1.54) is 4.70 Å². The van der Waals surface area contributed by atoms with E-state index in [1.54, 1.807) is 11.3 Å². The number of allylic oxidation sites excluding steroid dienone is 1. The number of para-hydroxylation sites is 1. The van der Waals surface area contributed by atoms with Crippen molar-refractivity contribution >= 4 is 21.6 Å². The fourth-order valence-corrected chi connectivity index (χ4v) is 2.77. The lowest BCUT2D eigenvalue weighted by molar-refractivity contribution is 0.679. The van der Waals surface area contributed by atoms with Crippen molar-refractivity contribution in [3.8, 4) is 0 Å². The average molecular weight is 244 g/mol. The van der Waals surface area contributed by atoms with Gasteiger partial charge in [0.05, 0.1) is 16.3 Å². The number of aromatic nitrogens is 1. The molecule has 2 nitrogen and oxygen atoms in total. The Bertz CT molecular complexity index is 535. The van der Waals surface area contributed by atoms with E-state index >= 15 is 0 Å². The molecule has 1 heterocycles. The summed E-state index contributed by atoms with van der Waals surface area (Å²) in [6, 6.07) is 8.23. The van der Waals surface area contributed by atoms with E-state index in [1.807, 2.05) is 32.0 Å². The fourth-order valence-electron chi connectivity index (χ4n) is 1.66. The smallest absolute Gasteiger partial charge is 0.120 e. The molecule has 0 spiro atoms. The van der Waals surface area contributed by atoms with E-state index in [-0.39, 0.29) is 6.04 Å². The van der Waals surface area contributed by atoms with Gasteiger partial charge < -0.3 is 5.32 Å². The Hall–Kier alpha value is -1.61. The first-order chi connectivity index (χ1) is 8.08. The first-order valence-corrected chi connectivity index (χ1v) is 6.32. The molecule has 88 valence electrons. The van der Waals surface area contributed by atoms with Crippen LogP contribution in [0.15, 0.2) is 48.7 Å². The highest BCUT2D eigenvalue weighted by Crippen LogP contribution is 2.29. The van der Waals surface area contributed by atoms with Gasteiger partial charge in [-0.25, -0.2) is 4.98 Å². The molecular weight excluding hydrogens is 228 g/mol. The van der Waals surface area contributed by atoms with Gasteiger partial charge in [0, 0.05) is 5.70 Å². The van der Waals surface area contributed by atoms with Crippen molar-refractivity contribution in [3.05, 3.63) is 53.7 Å². The molecule has 0 aliphatic heterocycles. The Morgan fingerprint density at radius 1 is 1.29 bits per heavy atom. The Morgan fingerprint density at radius 3 is 2.59 bits per heavy atom. The van der Waals surface area contributed by atoms with Gasteiger partial charge in [0.15, 0.2) is 0 Å². The molecule has 1 aromatic carbocycles. The van der Waals surface area contributed by atoms with Gasteiger partial charge in [0.2, 0.25) is 0 Å². The van der Waals surface area contributed by atoms with Gasteiger partial charge in [-0.1, -0.05) is 30.9 Å². The van der Waals surface area contributed by atoms with E-state index in [0.717, 1.165) is 21.8 Å². The molecule has 17 heavy (non-hydrogen) atoms. The summed E-state index contributed by atoms with van der Waals surface area (Å²) in [5.74, 6) is 0. The molecular formula is C14H16N2S. The minimum absolute atomic E-state index is 0.0601. The van der Waals surface area contributed by atoms with Gasteiger partial charge >= 0.3 is 0 Å². The van der Waals surface area contributed by atoms with Crippen molar-refractivity contribution in [2.75, 3.05) is 0 Å². The molecule has 0 aliphatic carbocycles. The maximum absolute atomic E-state index is 4.64. The Kier molecular flexibility index (Phi) is 3.29. The predicted octanol–water partition coefficient (Wildman–Crippen LogP) is 4.04. The molecule has 1 aromatic heterocycles. The molecule has 1 atom stereocenters. The van der Waals surface area contributed by atoms with Crippen molar-refractivity contribution in [2.24, 2.45) is 0 Å². The number of thiazole rings is 1. The highest BCUT2D eigenvalue weighted by atomic mass is 32.1. The third-order valence-corrected chi connectivity index (χ3v) is 3.54. The second-order valence-corrected chi connectivity index (χ2v) is 5.29. The molecule has 2 aromatic rings. The van der Waals surface area contributed by atoms with Crippen LogP contribution < -0.4 is 5.32 Å². The first-order valence-electron chi connectivity index (χ1n) is 5.51. The highest BCUT2D eigenvalue weighted by Gasteiger charge is 2.16. The topological polar surface area (TPSA) is 24.9 Å². The number of hydrogen-bond acceptors (Lipinski definition) is 3. The summed E-state index contributed by atoms with van der Waals surface area (Å²) < 4.78 is 1.21. The molecule has 0 aliphatic rings. The number of nitrogens with one attached hydrogen (secondary N) is 1. The Labute approximate surface area is 106 Å². The third kappa shape index (κ3) is 2.56. The molecule has 0 fully saturated rings. The largest absolute Gasteiger partial charge is 0.376 e. The number of fused-ring (bicyclic) bond motifs is 1. The normalized spacial score (nSPS) is 12.4. The maximum atomic E-state index is 4.64. The number of nitrogens with zero attached hydrogens (tertiary/aromatic N) is 1. The quantitative estimate of drug-likeness (QED) is 0.821. The standard InChI is InChI=1S/C14H16N2S/c1-9(2)13(15-10(3)4)14-16-11-7-5-6-8-12(11)17-14/h5-8,13,15H,1,3H2,2,4H3. The number of hydrogen-bond donors (Lipinski definition) is 1. The summed E-state index contributed by atoms with van der Waals surface area (Å²) in [6.07, 6.45) is 0. The molecule has 0 amide bonds. The molecule has 0 bridgehead atoms. The van der Waals surface area contributed by atoms with E-state index in [9.17, 15) is 0 Å². The van der Waals surface area contributed by atoms with E-state index in [0.29, 0.717) is 0 Å². The monoisotopic (exact) mass is 244 g/mol. The molecule has 0 saturated carbocycles. The zero-order valence-electron chi connectivity index (χ0n) is 10.2. The molecule has 1 N–H and O–H groups in total. The Balaban J connectivity index is 2.41. The molecule has 0 saturated heterocycles. The summed E-state index contributed by atoms with van der Waals surface area (Å²) in [7, 11) is 0. The lowest BCUT2D eigenvalue weighted by Crippen LogP contribution is -2.19. The van der Waals surface area contributed by atoms with Crippen LogP contribution in [-0.2, 0) is 0 Å². The fraction of sp³-hybridized carbons (Fsp3) is 0.214. The molecule has 1 unspecified atom stereocenters. The van der Waals surface area contributed by atoms with Gasteiger partial charge in [0.25, 0.3) is 0 Å². The van der Waals surface area contributed by atoms with Gasteiger partial charge in [0.1, 0.15) is 5.01 Å². The summed E-state index contributed by atoms with van der Waals surface area (Å²) in [5.41, 5.74) is 3.02. The van der Waals surface area contributed by atoms with Crippen LogP contribution in [-0.4, -0.2) is 4.98 Å². The van der Waals surface area contributed by atoms with E-state index in [4.69, 9.17) is 0 Å². The zero-order chi connectivity index (χ0) is 12.4. The van der Waals surface area contributed by atoms with Crippen LogP contribution in [0.4, 0.5) is 0 Å². The van der Waals surface area contributed by atoms with Crippen LogP contribution >= 0.6 is 11.3 Å². The molecule has 0 radical (unpaired) electrons. The van der Waals surface area contributed by atoms with Crippen molar-refractivity contribution in [1.82, 2.24) is 10.3 Å². The van der Waals surface area contributed by atoms with Crippen molar-refractivity contribution in [2.45, 2.75) is 19.9 Å². The van der Waals surface area contributed by atoms with Gasteiger partial charge in [-0.3, -0.25) is 0 Å². The minimum atomic E-state index is 0.0601. The predicted molar refractivity (Wildman–Crippen MR) is 75.1 cm³/mol. The average Bonchev–Trinajstić information content (AvgIpc) is 2.68. The van der Waals surface area contributed by atoms with Crippen LogP contribution in [0, 0.1) is 0 Å². The first kappa shape index (κ1) is 11.9. The highest BCUT2D eigenvalue weighted by molar-refractivity contribution is 7.18. The molecule has 3 heteroatoms. The number of benzene rings is 1. The van der Waals surface area contributed by atoms with Crippen LogP contribution in [0.3, 0.4) is 0 Å². The van der Waals surface area contributed by atoms with Gasteiger partial charge in [-0.15, -0.1) is 11.3 Å². The van der Waals surface area contributed by atoms with Crippen molar-refractivity contribution < 1.29 is 0 Å². The summed E-state index contributed by atoms with van der Waals surface area (Å²) in [5, 5.41) is 4.35. The zero-order valence-corrected chi connectivity index (χ0v) is 11.0. The molecule has 2 rings (SSSR count). The SMILES string of the molecule is C=C(C)NC(C(=C)C)c1nc2ccccc2s1. The van der Waals surface area contributed by atoms with E-state index in [2.05, 4.69) is 29.5 Å². The summed E-state index contributed by atoms with van der Waals surface area (Å²) in [4.78, 5) is 4.64. The minimum Gasteiger partial charge on any atom is -0.376 e. The van der Waals surface area contributed by atoms with E-state index < -0.39 is 0 Å². The van der Waals surface area contributed by atoms with Crippen LogP contribution in [0.5, 0.6) is 0 Å². The Morgan fingerprint density at radius 2 is 2.00 bits per heavy atom. The van der Waals surface area contributed by atoms with Gasteiger partial charge in [-0.05, 0) is 26.0 Å². The lowest BCUT2D eigenvalue weighted by atomic mass is 10.1. The van der Waals surface area contributed by atoms with Crippen LogP contribution in [0.25, 0.3) is 10.2 Å². The second kappa shape index (κ2) is 4.72. The maximum Gasteiger partial charge on any atom is 0.120 e.